The second-order valence-corrected chi connectivity index (χ2v) is 6.19. The Kier molecular flexibility index (Phi) is 4.94. The number of hydrogen-bond acceptors (Lipinski definition) is 4. The number of aromatic nitrogens is 2. The van der Waals surface area contributed by atoms with Crippen LogP contribution < -0.4 is 5.32 Å². The highest BCUT2D eigenvalue weighted by atomic mass is 16.5. The van der Waals surface area contributed by atoms with E-state index in [4.69, 9.17) is 4.52 Å². The van der Waals surface area contributed by atoms with E-state index in [0.29, 0.717) is 24.2 Å². The molecule has 1 heterocycles. The summed E-state index contributed by atoms with van der Waals surface area (Å²) in [5.41, 5.74) is 4.65. The SMILES string of the molecule is CCc1ccc(-c2noc(CNc3ccc(C(C)C)cc3)n2)cc1. The zero-order valence-electron chi connectivity index (χ0n) is 14.4. The standard InChI is InChI=1S/C20H23N3O/c1-4-15-5-7-17(8-6-15)20-22-19(24-23-20)13-21-18-11-9-16(10-12-18)14(2)3/h5-12,14,21H,4,13H2,1-3H3. The summed E-state index contributed by atoms with van der Waals surface area (Å²) in [5.74, 6) is 1.75. The van der Waals surface area contributed by atoms with E-state index in [1.54, 1.807) is 0 Å². The van der Waals surface area contributed by atoms with Crippen molar-refractivity contribution in [3.8, 4) is 11.4 Å². The first-order valence-corrected chi connectivity index (χ1v) is 8.41. The minimum absolute atomic E-state index is 0.515. The van der Waals surface area contributed by atoms with Gasteiger partial charge in [0.2, 0.25) is 11.7 Å². The smallest absolute Gasteiger partial charge is 0.246 e. The first-order chi connectivity index (χ1) is 11.7. The van der Waals surface area contributed by atoms with Crippen molar-refractivity contribution < 1.29 is 4.52 Å². The van der Waals surface area contributed by atoms with Crippen molar-refractivity contribution in [3.63, 3.8) is 0 Å². The minimum Gasteiger partial charge on any atom is -0.376 e. The molecule has 0 aliphatic heterocycles. The van der Waals surface area contributed by atoms with Crippen LogP contribution in [0.2, 0.25) is 0 Å². The highest BCUT2D eigenvalue weighted by molar-refractivity contribution is 5.54. The second-order valence-electron chi connectivity index (χ2n) is 6.19. The molecular formula is C20H23N3O. The van der Waals surface area contributed by atoms with Crippen molar-refractivity contribution >= 4 is 5.69 Å². The molecule has 24 heavy (non-hydrogen) atoms. The maximum atomic E-state index is 5.34. The van der Waals surface area contributed by atoms with Crippen LogP contribution in [0.4, 0.5) is 5.69 Å². The molecule has 0 aliphatic carbocycles. The molecule has 3 rings (SSSR count). The Morgan fingerprint density at radius 1 is 1.00 bits per heavy atom. The molecule has 0 atom stereocenters. The van der Waals surface area contributed by atoms with Crippen LogP contribution in [-0.2, 0) is 13.0 Å². The van der Waals surface area contributed by atoms with Crippen LogP contribution in [0.3, 0.4) is 0 Å². The van der Waals surface area contributed by atoms with Crippen LogP contribution in [0.25, 0.3) is 11.4 Å². The van der Waals surface area contributed by atoms with Crippen LogP contribution in [0.1, 0.15) is 43.7 Å². The summed E-state index contributed by atoms with van der Waals surface area (Å²) in [4.78, 5) is 4.46. The van der Waals surface area contributed by atoms with E-state index in [2.05, 4.69) is 72.6 Å². The first kappa shape index (κ1) is 16.2. The van der Waals surface area contributed by atoms with E-state index < -0.39 is 0 Å². The van der Waals surface area contributed by atoms with Crippen molar-refractivity contribution in [2.75, 3.05) is 5.32 Å². The number of rotatable bonds is 6. The number of benzene rings is 2. The van der Waals surface area contributed by atoms with E-state index in [0.717, 1.165) is 17.7 Å². The Bertz CT molecular complexity index is 773. The molecule has 0 radical (unpaired) electrons. The second kappa shape index (κ2) is 7.30. The van der Waals surface area contributed by atoms with Crippen LogP contribution in [0.5, 0.6) is 0 Å². The van der Waals surface area contributed by atoms with Gasteiger partial charge in [0, 0.05) is 11.3 Å². The van der Waals surface area contributed by atoms with Crippen LogP contribution in [0.15, 0.2) is 53.1 Å². The summed E-state index contributed by atoms with van der Waals surface area (Å²) in [5, 5.41) is 7.38. The van der Waals surface area contributed by atoms with E-state index >= 15 is 0 Å². The molecule has 1 N–H and O–H groups in total. The van der Waals surface area contributed by atoms with Crippen molar-refractivity contribution in [1.29, 1.82) is 0 Å². The topological polar surface area (TPSA) is 51.0 Å². The van der Waals surface area contributed by atoms with E-state index in [1.165, 1.54) is 11.1 Å². The average Bonchev–Trinajstić information content (AvgIpc) is 3.09. The summed E-state index contributed by atoms with van der Waals surface area (Å²) < 4.78 is 5.34. The van der Waals surface area contributed by atoms with Crippen molar-refractivity contribution in [1.82, 2.24) is 10.1 Å². The fourth-order valence-corrected chi connectivity index (χ4v) is 2.50. The lowest BCUT2D eigenvalue weighted by molar-refractivity contribution is 0.384. The largest absolute Gasteiger partial charge is 0.376 e. The Balaban J connectivity index is 1.63. The third-order valence-electron chi connectivity index (χ3n) is 4.11. The van der Waals surface area contributed by atoms with Gasteiger partial charge in [-0.15, -0.1) is 0 Å². The number of nitrogens with one attached hydrogen (secondary N) is 1. The third-order valence-corrected chi connectivity index (χ3v) is 4.11. The van der Waals surface area contributed by atoms with Crippen LogP contribution in [-0.4, -0.2) is 10.1 Å². The molecule has 0 bridgehead atoms. The Labute approximate surface area is 142 Å². The number of nitrogens with zero attached hydrogens (tertiary/aromatic N) is 2. The molecule has 0 saturated carbocycles. The summed E-state index contributed by atoms with van der Waals surface area (Å²) in [6.07, 6.45) is 1.03. The predicted molar refractivity (Wildman–Crippen MR) is 97.0 cm³/mol. The third kappa shape index (κ3) is 3.82. The van der Waals surface area contributed by atoms with Crippen molar-refractivity contribution in [2.24, 2.45) is 0 Å². The minimum atomic E-state index is 0.515. The van der Waals surface area contributed by atoms with Gasteiger partial charge in [0.05, 0.1) is 6.54 Å². The van der Waals surface area contributed by atoms with Gasteiger partial charge in [-0.1, -0.05) is 62.3 Å². The predicted octanol–water partition coefficient (Wildman–Crippen LogP) is 5.03. The molecule has 1 aromatic heterocycles. The molecule has 0 spiro atoms. The monoisotopic (exact) mass is 321 g/mol. The molecule has 124 valence electrons. The van der Waals surface area contributed by atoms with Gasteiger partial charge in [-0.25, -0.2) is 0 Å². The quantitative estimate of drug-likeness (QED) is 0.691. The van der Waals surface area contributed by atoms with Crippen molar-refractivity contribution in [2.45, 2.75) is 39.7 Å². The fourth-order valence-electron chi connectivity index (χ4n) is 2.50. The summed E-state index contributed by atoms with van der Waals surface area (Å²) >= 11 is 0. The Morgan fingerprint density at radius 3 is 2.33 bits per heavy atom. The lowest BCUT2D eigenvalue weighted by Crippen LogP contribution is -2.00. The zero-order valence-corrected chi connectivity index (χ0v) is 14.4. The van der Waals surface area contributed by atoms with Gasteiger partial charge in [-0.05, 0) is 35.6 Å². The van der Waals surface area contributed by atoms with Gasteiger partial charge in [0.1, 0.15) is 0 Å². The van der Waals surface area contributed by atoms with Crippen molar-refractivity contribution in [3.05, 3.63) is 65.5 Å². The molecule has 2 aromatic carbocycles. The normalized spacial score (nSPS) is 11.0. The molecule has 3 aromatic rings. The average molecular weight is 321 g/mol. The molecule has 0 saturated heterocycles. The summed E-state index contributed by atoms with van der Waals surface area (Å²) in [7, 11) is 0. The van der Waals surface area contributed by atoms with Crippen LogP contribution >= 0.6 is 0 Å². The molecule has 0 amide bonds. The molecule has 4 heteroatoms. The summed E-state index contributed by atoms with van der Waals surface area (Å²) in [6.45, 7) is 7.03. The van der Waals surface area contributed by atoms with Gasteiger partial charge in [-0.3, -0.25) is 0 Å². The fraction of sp³-hybridized carbons (Fsp3) is 0.300. The van der Waals surface area contributed by atoms with Gasteiger partial charge >= 0.3 is 0 Å². The van der Waals surface area contributed by atoms with E-state index in [1.807, 2.05) is 12.1 Å². The van der Waals surface area contributed by atoms with Gasteiger partial charge in [0.25, 0.3) is 0 Å². The van der Waals surface area contributed by atoms with Gasteiger partial charge in [-0.2, -0.15) is 4.98 Å². The summed E-state index contributed by atoms with van der Waals surface area (Å²) in [6, 6.07) is 16.7. The molecule has 0 fully saturated rings. The Hall–Kier alpha value is -2.62. The lowest BCUT2D eigenvalue weighted by atomic mass is 10.0. The van der Waals surface area contributed by atoms with E-state index in [9.17, 15) is 0 Å². The van der Waals surface area contributed by atoms with Crippen LogP contribution in [0, 0.1) is 0 Å². The lowest BCUT2D eigenvalue weighted by Gasteiger charge is -2.07. The number of hydrogen-bond donors (Lipinski definition) is 1. The molecule has 0 unspecified atom stereocenters. The maximum absolute atomic E-state index is 5.34. The molecule has 0 aliphatic rings. The zero-order chi connectivity index (χ0) is 16.9. The maximum Gasteiger partial charge on any atom is 0.246 e. The highest BCUT2D eigenvalue weighted by Crippen LogP contribution is 2.19. The number of anilines is 1. The van der Waals surface area contributed by atoms with Gasteiger partial charge < -0.3 is 9.84 Å². The number of aryl methyl sites for hydroxylation is 1. The molecular weight excluding hydrogens is 298 g/mol. The first-order valence-electron chi connectivity index (χ1n) is 8.41. The Morgan fingerprint density at radius 2 is 1.71 bits per heavy atom. The highest BCUT2D eigenvalue weighted by Gasteiger charge is 2.08. The molecule has 4 nitrogen and oxygen atoms in total. The van der Waals surface area contributed by atoms with Gasteiger partial charge in [0.15, 0.2) is 0 Å². The van der Waals surface area contributed by atoms with E-state index in [-0.39, 0.29) is 0 Å².